The Hall–Kier alpha value is -1.05. The van der Waals surface area contributed by atoms with Crippen LogP contribution < -0.4 is 10.1 Å². The molecular formula is C14H13BrF3NOS. The molecule has 0 aliphatic carbocycles. The second-order valence-electron chi connectivity index (χ2n) is 4.25. The molecule has 7 heteroatoms. The van der Waals surface area contributed by atoms with Gasteiger partial charge in [0.25, 0.3) is 0 Å². The van der Waals surface area contributed by atoms with E-state index in [0.717, 1.165) is 15.4 Å². The van der Waals surface area contributed by atoms with E-state index in [1.807, 2.05) is 11.4 Å². The van der Waals surface area contributed by atoms with Crippen LogP contribution in [0.5, 0.6) is 5.75 Å². The van der Waals surface area contributed by atoms with Gasteiger partial charge in [-0.05, 0) is 34.1 Å². The monoisotopic (exact) mass is 379 g/mol. The molecule has 0 bridgehead atoms. The predicted octanol–water partition coefficient (Wildman–Crippen LogP) is 4.70. The predicted molar refractivity (Wildman–Crippen MR) is 80.7 cm³/mol. The van der Waals surface area contributed by atoms with Gasteiger partial charge in [0.2, 0.25) is 0 Å². The zero-order chi connectivity index (χ0) is 15.3. The van der Waals surface area contributed by atoms with E-state index in [-0.39, 0.29) is 12.4 Å². The van der Waals surface area contributed by atoms with Crippen LogP contribution in [0.4, 0.5) is 13.2 Å². The van der Waals surface area contributed by atoms with Crippen molar-refractivity contribution in [3.05, 3.63) is 50.6 Å². The summed E-state index contributed by atoms with van der Waals surface area (Å²) in [5.74, 6) is -0.134. The molecule has 2 nitrogen and oxygen atoms in total. The molecule has 1 N–H and O–H groups in total. The Labute approximate surface area is 133 Å². The van der Waals surface area contributed by atoms with E-state index < -0.39 is 11.7 Å². The number of benzene rings is 1. The maximum atomic E-state index is 12.7. The molecule has 0 atom stereocenters. The molecule has 0 unspecified atom stereocenters. The lowest BCUT2D eigenvalue weighted by atomic mass is 10.2. The van der Waals surface area contributed by atoms with Crippen LogP contribution >= 0.6 is 27.3 Å². The van der Waals surface area contributed by atoms with Gasteiger partial charge in [0.15, 0.2) is 0 Å². The van der Waals surface area contributed by atoms with Crippen LogP contribution in [0.3, 0.4) is 0 Å². The topological polar surface area (TPSA) is 21.3 Å². The second kappa shape index (κ2) is 7.29. The largest absolute Gasteiger partial charge is 0.492 e. The van der Waals surface area contributed by atoms with E-state index in [4.69, 9.17) is 4.74 Å². The summed E-state index contributed by atoms with van der Waals surface area (Å²) in [6.07, 6.45) is -4.40. The zero-order valence-corrected chi connectivity index (χ0v) is 13.3. The summed E-state index contributed by atoms with van der Waals surface area (Å²) in [7, 11) is 0. The summed E-state index contributed by atoms with van der Waals surface area (Å²) in [5, 5.41) is 5.11. The van der Waals surface area contributed by atoms with Crippen LogP contribution in [0.25, 0.3) is 0 Å². The van der Waals surface area contributed by atoms with Crippen LogP contribution in [0.2, 0.25) is 0 Å². The van der Waals surface area contributed by atoms with E-state index in [0.29, 0.717) is 13.1 Å². The van der Waals surface area contributed by atoms with E-state index >= 15 is 0 Å². The van der Waals surface area contributed by atoms with Crippen molar-refractivity contribution in [3.63, 3.8) is 0 Å². The van der Waals surface area contributed by atoms with E-state index in [2.05, 4.69) is 21.2 Å². The minimum absolute atomic E-state index is 0.134. The van der Waals surface area contributed by atoms with Crippen LogP contribution in [0.1, 0.15) is 10.4 Å². The summed E-state index contributed by atoms with van der Waals surface area (Å²) >= 11 is 4.97. The van der Waals surface area contributed by atoms with Crippen molar-refractivity contribution in [2.45, 2.75) is 12.7 Å². The van der Waals surface area contributed by atoms with Crippen molar-refractivity contribution in [2.24, 2.45) is 0 Å². The normalized spacial score (nSPS) is 11.6. The summed E-state index contributed by atoms with van der Waals surface area (Å²) in [5.41, 5.74) is -0.743. The number of alkyl halides is 3. The van der Waals surface area contributed by atoms with Gasteiger partial charge >= 0.3 is 6.18 Å². The molecule has 0 radical (unpaired) electrons. The molecule has 0 spiro atoms. The molecule has 2 aromatic rings. The number of hydrogen-bond acceptors (Lipinski definition) is 3. The van der Waals surface area contributed by atoms with Gasteiger partial charge < -0.3 is 10.1 Å². The number of ether oxygens (including phenoxy) is 1. The van der Waals surface area contributed by atoms with E-state index in [1.54, 1.807) is 11.3 Å². The lowest BCUT2D eigenvalue weighted by Gasteiger charge is -2.13. The van der Waals surface area contributed by atoms with Crippen LogP contribution in [0.15, 0.2) is 40.2 Å². The van der Waals surface area contributed by atoms with Crippen LogP contribution in [0, 0.1) is 0 Å². The molecule has 1 aromatic heterocycles. The van der Waals surface area contributed by atoms with Gasteiger partial charge in [-0.1, -0.05) is 12.1 Å². The molecule has 21 heavy (non-hydrogen) atoms. The highest BCUT2D eigenvalue weighted by Gasteiger charge is 2.33. The van der Waals surface area contributed by atoms with Gasteiger partial charge in [-0.15, -0.1) is 11.3 Å². The average Bonchev–Trinajstić information content (AvgIpc) is 2.83. The molecular weight excluding hydrogens is 367 g/mol. The number of halogens is 4. The Kier molecular flexibility index (Phi) is 5.66. The van der Waals surface area contributed by atoms with Gasteiger partial charge in [0, 0.05) is 27.8 Å². The summed E-state index contributed by atoms with van der Waals surface area (Å²) < 4.78 is 44.5. The Morgan fingerprint density at radius 1 is 1.24 bits per heavy atom. The van der Waals surface area contributed by atoms with E-state index in [9.17, 15) is 13.2 Å². The highest BCUT2D eigenvalue weighted by Crippen LogP contribution is 2.35. The third-order valence-electron chi connectivity index (χ3n) is 2.65. The van der Waals surface area contributed by atoms with Gasteiger partial charge in [-0.2, -0.15) is 13.2 Å². The first-order valence-electron chi connectivity index (χ1n) is 6.19. The highest BCUT2D eigenvalue weighted by atomic mass is 79.9. The van der Waals surface area contributed by atoms with Crippen molar-refractivity contribution in [1.29, 1.82) is 0 Å². The SMILES string of the molecule is FC(F)(F)c1ccccc1OCCNCc1cc(Br)cs1. The molecule has 0 fully saturated rings. The maximum Gasteiger partial charge on any atom is 0.419 e. The first kappa shape index (κ1) is 16.3. The van der Waals surface area contributed by atoms with Crippen molar-refractivity contribution in [1.82, 2.24) is 5.32 Å². The Balaban J connectivity index is 1.79. The number of thiophene rings is 1. The lowest BCUT2D eigenvalue weighted by Crippen LogP contribution is -2.21. The Morgan fingerprint density at radius 3 is 2.67 bits per heavy atom. The van der Waals surface area contributed by atoms with Crippen molar-refractivity contribution >= 4 is 27.3 Å². The van der Waals surface area contributed by atoms with Gasteiger partial charge in [0.05, 0.1) is 5.56 Å². The molecule has 0 amide bonds. The molecule has 114 valence electrons. The number of hydrogen-bond donors (Lipinski definition) is 1. The second-order valence-corrected chi connectivity index (χ2v) is 6.16. The molecule has 2 rings (SSSR count). The molecule has 0 saturated heterocycles. The minimum atomic E-state index is -4.40. The smallest absolute Gasteiger partial charge is 0.419 e. The standard InChI is InChI=1S/C14H13BrF3NOS/c15-10-7-11(21-9-10)8-19-5-6-20-13-4-2-1-3-12(13)14(16,17)18/h1-4,7,9,19H,5-6,8H2. The van der Waals surface area contributed by atoms with Crippen molar-refractivity contribution in [3.8, 4) is 5.75 Å². The summed E-state index contributed by atoms with van der Waals surface area (Å²) in [6.45, 7) is 1.32. The number of rotatable bonds is 6. The lowest BCUT2D eigenvalue weighted by molar-refractivity contribution is -0.138. The van der Waals surface area contributed by atoms with Crippen molar-refractivity contribution in [2.75, 3.05) is 13.2 Å². The fraction of sp³-hybridized carbons (Fsp3) is 0.286. The quantitative estimate of drug-likeness (QED) is 0.734. The Morgan fingerprint density at radius 2 is 2.00 bits per heavy atom. The molecule has 1 aromatic carbocycles. The van der Waals surface area contributed by atoms with Crippen molar-refractivity contribution < 1.29 is 17.9 Å². The fourth-order valence-corrected chi connectivity index (χ4v) is 3.14. The first-order valence-corrected chi connectivity index (χ1v) is 7.87. The van der Waals surface area contributed by atoms with Crippen LogP contribution in [-0.2, 0) is 12.7 Å². The summed E-state index contributed by atoms with van der Waals surface area (Å²) in [6, 6.07) is 7.23. The van der Waals surface area contributed by atoms with E-state index in [1.165, 1.54) is 18.2 Å². The van der Waals surface area contributed by atoms with Gasteiger partial charge in [0.1, 0.15) is 12.4 Å². The molecule has 0 saturated carbocycles. The highest BCUT2D eigenvalue weighted by molar-refractivity contribution is 9.10. The Bertz CT molecular complexity index is 586. The third-order valence-corrected chi connectivity index (χ3v) is 4.35. The average molecular weight is 380 g/mol. The fourth-order valence-electron chi connectivity index (χ4n) is 1.72. The minimum Gasteiger partial charge on any atom is -0.492 e. The number of para-hydroxylation sites is 1. The molecule has 0 aliphatic heterocycles. The maximum absolute atomic E-state index is 12.7. The molecule has 1 heterocycles. The van der Waals surface area contributed by atoms with Gasteiger partial charge in [-0.3, -0.25) is 0 Å². The summed E-state index contributed by atoms with van der Waals surface area (Å²) in [4.78, 5) is 1.15. The first-order chi connectivity index (χ1) is 9.97. The third kappa shape index (κ3) is 5.01. The van der Waals surface area contributed by atoms with Crippen LogP contribution in [-0.4, -0.2) is 13.2 Å². The number of nitrogens with one attached hydrogen (secondary N) is 1. The van der Waals surface area contributed by atoms with Gasteiger partial charge in [-0.25, -0.2) is 0 Å². The molecule has 0 aliphatic rings. The zero-order valence-electron chi connectivity index (χ0n) is 10.9.